The normalized spacial score (nSPS) is 20.7. The predicted molar refractivity (Wildman–Crippen MR) is 258 cm³/mol. The Morgan fingerprint density at radius 1 is 0.800 bits per heavy atom. The number of aliphatic hydroxyl groups is 1. The maximum Gasteiger partial charge on any atom is 0.196 e. The van der Waals surface area contributed by atoms with E-state index in [4.69, 9.17) is 9.41 Å². The maximum absolute atomic E-state index is 12.0. The summed E-state index contributed by atoms with van der Waals surface area (Å²) in [4.78, 5) is 16.0. The minimum atomic E-state index is -0.636. The molecule has 0 bridgehead atoms. The van der Waals surface area contributed by atoms with Crippen LogP contribution in [0.2, 0.25) is 0 Å². The minimum absolute atomic E-state index is 0.248. The van der Waals surface area contributed by atoms with Gasteiger partial charge < -0.3 is 24.4 Å². The molecule has 7 aromatic rings. The molecule has 65 heavy (non-hydrogen) atoms. The van der Waals surface area contributed by atoms with Crippen molar-refractivity contribution in [3.05, 3.63) is 171 Å². The number of thiophene rings is 1. The second-order valence-electron chi connectivity index (χ2n) is 18.9. The molecule has 11 rings (SSSR count). The summed E-state index contributed by atoms with van der Waals surface area (Å²) in [5.74, 6) is 3.77. The lowest BCUT2D eigenvalue weighted by Gasteiger charge is -2.43. The molecule has 0 radical (unpaired) electrons. The molecule has 11 heteroatoms. The molecule has 2 fully saturated rings. The number of aliphatic imine (C=N–C) groups is 1. The first-order valence-corrected chi connectivity index (χ1v) is 24.3. The number of aromatic hydroxyl groups is 1. The summed E-state index contributed by atoms with van der Waals surface area (Å²) in [5.41, 5.74) is 11.5. The number of anilines is 2. The quantitative estimate of drug-likeness (QED) is 0.147. The van der Waals surface area contributed by atoms with E-state index in [0.29, 0.717) is 29.9 Å². The molecule has 3 aromatic heterocycles. The Bertz CT molecular complexity index is 2820. The van der Waals surface area contributed by atoms with E-state index in [1.165, 1.54) is 44.1 Å². The third-order valence-electron chi connectivity index (χ3n) is 15.0. The fourth-order valence-electron chi connectivity index (χ4n) is 11.4. The van der Waals surface area contributed by atoms with Crippen LogP contribution in [-0.4, -0.2) is 67.5 Å². The summed E-state index contributed by atoms with van der Waals surface area (Å²) < 4.78 is 7.85. The molecule has 1 aliphatic carbocycles. The van der Waals surface area contributed by atoms with Gasteiger partial charge in [0.2, 0.25) is 0 Å². The van der Waals surface area contributed by atoms with Crippen LogP contribution in [0.15, 0.2) is 119 Å². The molecule has 6 heterocycles. The van der Waals surface area contributed by atoms with Crippen LogP contribution in [0.3, 0.4) is 0 Å². The lowest BCUT2D eigenvalue weighted by atomic mass is 9.69. The number of oxazole rings is 1. The summed E-state index contributed by atoms with van der Waals surface area (Å²) in [6.45, 7) is 10.0. The maximum atomic E-state index is 12.0. The fourth-order valence-corrected chi connectivity index (χ4v) is 12.6. The molecule has 10 nitrogen and oxygen atoms in total. The molecule has 3 atom stereocenters. The highest BCUT2D eigenvalue weighted by atomic mass is 32.1. The van der Waals surface area contributed by atoms with E-state index in [2.05, 4.69) is 128 Å². The van der Waals surface area contributed by atoms with Crippen molar-refractivity contribution in [2.75, 3.05) is 36.0 Å². The first-order valence-electron chi connectivity index (χ1n) is 23.5. The van der Waals surface area contributed by atoms with Gasteiger partial charge in [-0.15, -0.1) is 21.5 Å². The number of phenolic OH excluding ortho intramolecular Hbond substituents is 1. The van der Waals surface area contributed by atoms with Crippen LogP contribution in [0.1, 0.15) is 118 Å². The lowest BCUT2D eigenvalue weighted by molar-refractivity contribution is -0.00952. The Kier molecular flexibility index (Phi) is 10.9. The summed E-state index contributed by atoms with van der Waals surface area (Å²) in [5, 5.41) is 32.5. The molecular weight excluding hydrogens is 827 g/mol. The minimum Gasteiger partial charge on any atom is -0.508 e. The smallest absolute Gasteiger partial charge is 0.196 e. The zero-order valence-electron chi connectivity index (χ0n) is 37.5. The average Bonchev–Trinajstić information content (AvgIpc) is 4.04. The van der Waals surface area contributed by atoms with Gasteiger partial charge in [0.25, 0.3) is 0 Å². The highest BCUT2D eigenvalue weighted by Crippen LogP contribution is 2.48. The van der Waals surface area contributed by atoms with Gasteiger partial charge in [0.1, 0.15) is 28.9 Å². The Morgan fingerprint density at radius 3 is 2.25 bits per heavy atom. The third kappa shape index (κ3) is 7.96. The Balaban J connectivity index is 0.730. The number of aromatic nitrogens is 4. The number of aryl methyl sites for hydroxylation is 3. The zero-order chi connectivity index (χ0) is 44.2. The summed E-state index contributed by atoms with van der Waals surface area (Å²) in [6, 6.07) is 34.7. The second-order valence-corrected chi connectivity index (χ2v) is 20.1. The topological polar surface area (TPSA) is 116 Å². The van der Waals surface area contributed by atoms with E-state index in [9.17, 15) is 10.2 Å². The molecule has 0 saturated carbocycles. The van der Waals surface area contributed by atoms with Gasteiger partial charge in [-0.05, 0) is 142 Å². The second kappa shape index (κ2) is 17.1. The van der Waals surface area contributed by atoms with Crippen molar-refractivity contribution >= 4 is 28.4 Å². The highest BCUT2D eigenvalue weighted by molar-refractivity contribution is 7.15. The molecule has 332 valence electrons. The Labute approximate surface area is 385 Å². The van der Waals surface area contributed by atoms with Crippen molar-refractivity contribution in [3.8, 4) is 10.8 Å². The fraction of sp³-hybridized carbons (Fsp3) is 0.370. The molecule has 2 saturated heterocycles. The van der Waals surface area contributed by atoms with Crippen LogP contribution in [0.4, 0.5) is 11.4 Å². The zero-order valence-corrected chi connectivity index (χ0v) is 38.3. The molecule has 2 N–H and O–H groups in total. The lowest BCUT2D eigenvalue weighted by Crippen LogP contribution is -2.46. The number of hydrogen-bond acceptors (Lipinski definition) is 10. The van der Waals surface area contributed by atoms with Gasteiger partial charge in [-0.2, -0.15) is 0 Å². The highest BCUT2D eigenvalue weighted by Gasteiger charge is 2.37. The van der Waals surface area contributed by atoms with Gasteiger partial charge in [0, 0.05) is 59.5 Å². The SMILES string of the molecule is Cc1sc2c(c1C)C(c1ccc(N3CCC(O)(CC4CCN(c5ccc([C@@H]6c7ccc(O)cc7CC[C@@H]6c6ccccc6)cc5)CC4)CC3)cc1)=N[C@H](Cc1ncco1)c1nnc(C)n1-2. The van der Waals surface area contributed by atoms with Crippen LogP contribution >= 0.6 is 11.3 Å². The van der Waals surface area contributed by atoms with Crippen molar-refractivity contribution in [3.63, 3.8) is 0 Å². The number of phenols is 1. The molecule has 0 spiro atoms. The standard InChI is InChI=1S/C54H57N7O3S/c1-34-35(2)65-53-49(34)51(56-47(32-48-55-25-30-64-48)52-58-57-36(3)61(52)53)40-11-16-43(17-12-40)60-28-23-54(63,24-29-60)33-37-21-26-59(27-22-37)42-14-9-39(10-15-42)50-45(38-7-5-4-6-8-38)19-13-41-31-44(62)18-20-46(41)50/h4-12,14-18,20,25,30-31,37,45,47,50,62-63H,13,19,21-24,26-29,32-33H2,1-3H3/t45-,47-,50+/m1/s1. The van der Waals surface area contributed by atoms with Crippen molar-refractivity contribution in [1.82, 2.24) is 19.7 Å². The van der Waals surface area contributed by atoms with Crippen molar-refractivity contribution in [1.29, 1.82) is 0 Å². The van der Waals surface area contributed by atoms with E-state index < -0.39 is 5.60 Å². The van der Waals surface area contributed by atoms with Gasteiger partial charge in [-0.3, -0.25) is 9.56 Å². The van der Waals surface area contributed by atoms with Crippen LogP contribution in [0.5, 0.6) is 5.75 Å². The molecular formula is C54H57N7O3S. The van der Waals surface area contributed by atoms with Crippen molar-refractivity contribution < 1.29 is 14.6 Å². The monoisotopic (exact) mass is 883 g/mol. The first-order chi connectivity index (χ1) is 31.7. The number of nitrogens with zero attached hydrogens (tertiary/aromatic N) is 7. The third-order valence-corrected chi connectivity index (χ3v) is 16.2. The van der Waals surface area contributed by atoms with Crippen LogP contribution < -0.4 is 9.80 Å². The van der Waals surface area contributed by atoms with Gasteiger partial charge in [0.15, 0.2) is 11.7 Å². The van der Waals surface area contributed by atoms with Gasteiger partial charge in [0.05, 0.1) is 23.9 Å². The van der Waals surface area contributed by atoms with E-state index in [1.807, 2.05) is 19.1 Å². The summed E-state index contributed by atoms with van der Waals surface area (Å²) in [7, 11) is 0. The van der Waals surface area contributed by atoms with E-state index >= 15 is 0 Å². The number of fused-ring (bicyclic) bond motifs is 4. The van der Waals surface area contributed by atoms with Gasteiger partial charge in [-0.25, -0.2) is 4.98 Å². The van der Waals surface area contributed by atoms with Crippen molar-refractivity contribution in [2.45, 2.75) is 95.6 Å². The van der Waals surface area contributed by atoms with E-state index in [0.717, 1.165) is 105 Å². The number of benzene rings is 4. The van der Waals surface area contributed by atoms with Crippen LogP contribution in [0.25, 0.3) is 5.00 Å². The molecule has 4 aromatic carbocycles. The largest absolute Gasteiger partial charge is 0.508 e. The van der Waals surface area contributed by atoms with E-state index in [1.54, 1.807) is 23.8 Å². The van der Waals surface area contributed by atoms with Crippen molar-refractivity contribution in [2.24, 2.45) is 10.9 Å². The van der Waals surface area contributed by atoms with Gasteiger partial charge >= 0.3 is 0 Å². The van der Waals surface area contributed by atoms with Gasteiger partial charge in [-0.1, -0.05) is 60.7 Å². The first kappa shape index (κ1) is 41.7. The summed E-state index contributed by atoms with van der Waals surface area (Å²) in [6.07, 6.45) is 10.4. The molecule has 4 aliphatic rings. The molecule has 0 amide bonds. The Morgan fingerprint density at radius 2 is 1.52 bits per heavy atom. The number of piperidine rings is 2. The van der Waals surface area contributed by atoms with E-state index in [-0.39, 0.29) is 12.0 Å². The van der Waals surface area contributed by atoms with Crippen LogP contribution in [0, 0.1) is 26.7 Å². The average molecular weight is 884 g/mol. The van der Waals surface area contributed by atoms with Crippen LogP contribution in [-0.2, 0) is 12.8 Å². The number of rotatable bonds is 9. The number of hydrogen-bond donors (Lipinski definition) is 2. The predicted octanol–water partition coefficient (Wildman–Crippen LogP) is 10.6. The molecule has 0 unspecified atom stereocenters. The Hall–Kier alpha value is -6.04. The molecule has 3 aliphatic heterocycles. The summed E-state index contributed by atoms with van der Waals surface area (Å²) >= 11 is 1.76.